The summed E-state index contributed by atoms with van der Waals surface area (Å²) in [6.45, 7) is 1.86. The summed E-state index contributed by atoms with van der Waals surface area (Å²) >= 11 is 0. The first-order valence-corrected chi connectivity index (χ1v) is 9.76. The smallest absolute Gasteiger partial charge is 0.291 e. The van der Waals surface area contributed by atoms with Crippen LogP contribution in [0.3, 0.4) is 0 Å². The van der Waals surface area contributed by atoms with Crippen molar-refractivity contribution in [2.45, 2.75) is 13.2 Å². The minimum atomic E-state index is -0.320. The highest BCUT2D eigenvalue weighted by molar-refractivity contribution is 6.02. The van der Waals surface area contributed by atoms with Crippen LogP contribution in [0.25, 0.3) is 10.8 Å². The Morgan fingerprint density at radius 2 is 1.97 bits per heavy atom. The zero-order chi connectivity index (χ0) is 20.9. The molecule has 0 aliphatic carbocycles. The van der Waals surface area contributed by atoms with Crippen LogP contribution in [0.5, 0.6) is 5.75 Å². The van der Waals surface area contributed by atoms with Gasteiger partial charge in [0.05, 0.1) is 18.4 Å². The minimum absolute atomic E-state index is 0.230. The van der Waals surface area contributed by atoms with Crippen molar-refractivity contribution in [2.24, 2.45) is 0 Å². The fourth-order valence-corrected chi connectivity index (χ4v) is 3.03. The number of hydrogen-bond acceptors (Lipinski definition) is 5. The molecule has 0 atom stereocenters. The third-order valence-electron chi connectivity index (χ3n) is 4.65. The van der Waals surface area contributed by atoms with Gasteiger partial charge in [0.1, 0.15) is 18.1 Å². The molecule has 4 aromatic rings. The molecule has 0 saturated carbocycles. The lowest BCUT2D eigenvalue weighted by atomic mass is 10.1. The lowest BCUT2D eigenvalue weighted by Gasteiger charge is -2.08. The average Bonchev–Trinajstić information content (AvgIpc) is 3.40. The predicted octanol–water partition coefficient (Wildman–Crippen LogP) is 4.02. The van der Waals surface area contributed by atoms with Crippen LogP contribution in [0, 0.1) is 0 Å². The number of nitrogens with zero attached hydrogens (tertiary/aromatic N) is 3. The molecular weight excluding hydrogens is 380 g/mol. The van der Waals surface area contributed by atoms with Gasteiger partial charge in [0.25, 0.3) is 5.91 Å². The first-order chi connectivity index (χ1) is 14.6. The van der Waals surface area contributed by atoms with E-state index in [-0.39, 0.29) is 18.3 Å². The van der Waals surface area contributed by atoms with Gasteiger partial charge in [-0.2, -0.15) is 5.10 Å². The van der Waals surface area contributed by atoms with Gasteiger partial charge >= 0.3 is 0 Å². The molecule has 1 N–H and O–H groups in total. The molecule has 154 valence electrons. The lowest BCUT2D eigenvalue weighted by molar-refractivity contribution is 0.0992. The number of ether oxygens (including phenoxy) is 1. The SMILES string of the molecule is CN(C)CCn1cc(NC(=O)c2ccc(COc3ccc4ccccc4c3)o2)cn1. The van der Waals surface area contributed by atoms with Gasteiger partial charge in [0.15, 0.2) is 5.76 Å². The Kier molecular flexibility index (Phi) is 5.81. The van der Waals surface area contributed by atoms with Gasteiger partial charge < -0.3 is 19.4 Å². The summed E-state index contributed by atoms with van der Waals surface area (Å²) in [6, 6.07) is 17.4. The number of furan rings is 1. The van der Waals surface area contributed by atoms with Crippen molar-refractivity contribution in [2.75, 3.05) is 26.0 Å². The number of aromatic nitrogens is 2. The Balaban J connectivity index is 1.33. The van der Waals surface area contributed by atoms with E-state index < -0.39 is 0 Å². The van der Waals surface area contributed by atoms with Crippen LogP contribution in [0.2, 0.25) is 0 Å². The maximum atomic E-state index is 12.4. The number of nitrogens with one attached hydrogen (secondary N) is 1. The highest BCUT2D eigenvalue weighted by atomic mass is 16.5. The average molecular weight is 404 g/mol. The first-order valence-electron chi connectivity index (χ1n) is 9.76. The molecule has 0 saturated heterocycles. The van der Waals surface area contributed by atoms with E-state index in [0.717, 1.165) is 29.6 Å². The standard InChI is InChI=1S/C23H24N4O3/c1-26(2)11-12-27-15-19(14-24-27)25-23(28)22-10-9-21(30-22)16-29-20-8-7-17-5-3-4-6-18(17)13-20/h3-10,13-15H,11-12,16H2,1-2H3,(H,25,28). The molecule has 0 aliphatic rings. The van der Waals surface area contributed by atoms with Gasteiger partial charge in [0, 0.05) is 12.7 Å². The van der Waals surface area contributed by atoms with Crippen molar-refractivity contribution in [1.29, 1.82) is 0 Å². The largest absolute Gasteiger partial charge is 0.486 e. The van der Waals surface area contributed by atoms with Crippen LogP contribution in [0.1, 0.15) is 16.3 Å². The Morgan fingerprint density at radius 1 is 1.13 bits per heavy atom. The minimum Gasteiger partial charge on any atom is -0.486 e. The van der Waals surface area contributed by atoms with E-state index in [1.807, 2.05) is 50.5 Å². The highest BCUT2D eigenvalue weighted by Gasteiger charge is 2.13. The van der Waals surface area contributed by atoms with E-state index in [4.69, 9.17) is 9.15 Å². The summed E-state index contributed by atoms with van der Waals surface area (Å²) in [7, 11) is 4.01. The number of hydrogen-bond donors (Lipinski definition) is 1. The summed E-state index contributed by atoms with van der Waals surface area (Å²) in [5.74, 6) is 1.24. The van der Waals surface area contributed by atoms with Crippen LogP contribution in [-0.2, 0) is 13.2 Å². The molecule has 0 aliphatic heterocycles. The van der Waals surface area contributed by atoms with Crippen LogP contribution < -0.4 is 10.1 Å². The Morgan fingerprint density at radius 3 is 2.80 bits per heavy atom. The van der Waals surface area contributed by atoms with Gasteiger partial charge in [0.2, 0.25) is 0 Å². The second-order valence-corrected chi connectivity index (χ2v) is 7.31. The van der Waals surface area contributed by atoms with Gasteiger partial charge in [-0.1, -0.05) is 30.3 Å². The summed E-state index contributed by atoms with van der Waals surface area (Å²) < 4.78 is 13.3. The molecular formula is C23H24N4O3. The molecule has 0 bridgehead atoms. The lowest BCUT2D eigenvalue weighted by Crippen LogP contribution is -2.18. The number of likely N-dealkylation sites (N-methyl/N-ethyl adjacent to an activating group) is 1. The number of carbonyl (C=O) groups excluding carboxylic acids is 1. The second kappa shape index (κ2) is 8.84. The Hall–Kier alpha value is -3.58. The normalized spacial score (nSPS) is 11.2. The maximum Gasteiger partial charge on any atom is 0.291 e. The van der Waals surface area contributed by atoms with Crippen LogP contribution in [-0.4, -0.2) is 41.2 Å². The molecule has 30 heavy (non-hydrogen) atoms. The molecule has 0 unspecified atom stereocenters. The van der Waals surface area contributed by atoms with Crippen molar-refractivity contribution in [1.82, 2.24) is 14.7 Å². The fourth-order valence-electron chi connectivity index (χ4n) is 3.03. The number of benzene rings is 2. The van der Waals surface area contributed by atoms with Gasteiger partial charge in [-0.15, -0.1) is 0 Å². The summed E-state index contributed by atoms with van der Waals surface area (Å²) in [5.41, 5.74) is 0.629. The van der Waals surface area contributed by atoms with Gasteiger partial charge in [-0.3, -0.25) is 9.48 Å². The molecule has 7 heteroatoms. The van der Waals surface area contributed by atoms with Gasteiger partial charge in [-0.25, -0.2) is 0 Å². The second-order valence-electron chi connectivity index (χ2n) is 7.31. The number of fused-ring (bicyclic) bond motifs is 1. The van der Waals surface area contributed by atoms with Gasteiger partial charge in [-0.05, 0) is 49.1 Å². The summed E-state index contributed by atoms with van der Waals surface area (Å²) in [4.78, 5) is 14.5. The third kappa shape index (κ3) is 4.87. The highest BCUT2D eigenvalue weighted by Crippen LogP contribution is 2.22. The molecule has 7 nitrogen and oxygen atoms in total. The molecule has 2 aromatic carbocycles. The molecule has 2 aromatic heterocycles. The molecule has 2 heterocycles. The van der Waals surface area contributed by atoms with Crippen molar-refractivity contribution in [3.05, 3.63) is 78.5 Å². The van der Waals surface area contributed by atoms with E-state index in [0.29, 0.717) is 11.4 Å². The third-order valence-corrected chi connectivity index (χ3v) is 4.65. The zero-order valence-corrected chi connectivity index (χ0v) is 17.0. The number of anilines is 1. The Bertz CT molecular complexity index is 1150. The van der Waals surface area contributed by atoms with E-state index >= 15 is 0 Å². The zero-order valence-electron chi connectivity index (χ0n) is 17.0. The van der Waals surface area contributed by atoms with Crippen LogP contribution in [0.15, 0.2) is 71.4 Å². The topological polar surface area (TPSA) is 72.5 Å². The Labute approximate surface area is 174 Å². The summed E-state index contributed by atoms with van der Waals surface area (Å²) in [5, 5.41) is 9.32. The van der Waals surface area contributed by atoms with Crippen LogP contribution >= 0.6 is 0 Å². The molecule has 4 rings (SSSR count). The quantitative estimate of drug-likeness (QED) is 0.480. The van der Waals surface area contributed by atoms with E-state index in [9.17, 15) is 4.79 Å². The predicted molar refractivity (Wildman–Crippen MR) is 116 cm³/mol. The van der Waals surface area contributed by atoms with Crippen molar-refractivity contribution >= 4 is 22.4 Å². The monoisotopic (exact) mass is 404 g/mol. The maximum absolute atomic E-state index is 12.4. The fraction of sp³-hybridized carbons (Fsp3) is 0.217. The van der Waals surface area contributed by atoms with Crippen LogP contribution in [0.4, 0.5) is 5.69 Å². The number of rotatable bonds is 8. The first kappa shape index (κ1) is 19.7. The van der Waals surface area contributed by atoms with Crippen molar-refractivity contribution < 1.29 is 13.9 Å². The number of amides is 1. The van der Waals surface area contributed by atoms with Crippen molar-refractivity contribution in [3.8, 4) is 5.75 Å². The molecule has 0 radical (unpaired) electrons. The van der Waals surface area contributed by atoms with E-state index in [1.165, 1.54) is 0 Å². The molecule has 1 amide bonds. The molecule has 0 spiro atoms. The van der Waals surface area contributed by atoms with E-state index in [2.05, 4.69) is 21.4 Å². The molecule has 0 fully saturated rings. The summed E-state index contributed by atoms with van der Waals surface area (Å²) in [6.07, 6.45) is 3.42. The van der Waals surface area contributed by atoms with E-state index in [1.54, 1.807) is 29.2 Å². The van der Waals surface area contributed by atoms with Crippen molar-refractivity contribution in [3.63, 3.8) is 0 Å². The number of carbonyl (C=O) groups is 1.